The van der Waals surface area contributed by atoms with Gasteiger partial charge in [0.05, 0.1) is 12.1 Å². The average Bonchev–Trinajstić information content (AvgIpc) is 2.96. The van der Waals surface area contributed by atoms with Crippen LogP contribution in [-0.4, -0.2) is 41.6 Å². The van der Waals surface area contributed by atoms with E-state index in [1.807, 2.05) is 0 Å². The summed E-state index contributed by atoms with van der Waals surface area (Å²) in [6.07, 6.45) is 3.63. The van der Waals surface area contributed by atoms with Crippen LogP contribution in [0.3, 0.4) is 0 Å². The van der Waals surface area contributed by atoms with E-state index in [9.17, 15) is 8.78 Å². The van der Waals surface area contributed by atoms with Crippen LogP contribution in [0.15, 0.2) is 4.52 Å². The van der Waals surface area contributed by atoms with Crippen molar-refractivity contribution in [2.24, 2.45) is 0 Å². The maximum Gasteiger partial charge on any atom is 0.307 e. The minimum atomic E-state index is -3.09. The summed E-state index contributed by atoms with van der Waals surface area (Å²) < 4.78 is 42.6. The molecular formula is C14H21F2N3O3. The number of ether oxygens (including phenoxy) is 2. The SMILES string of the molecule is CC(F)(F)c1noc(CNC2CCCOC23CCOCC3)n1. The third kappa shape index (κ3) is 3.28. The van der Waals surface area contributed by atoms with E-state index in [2.05, 4.69) is 15.5 Å². The monoisotopic (exact) mass is 317 g/mol. The van der Waals surface area contributed by atoms with Gasteiger partial charge in [-0.2, -0.15) is 13.8 Å². The molecule has 1 atom stereocenters. The first-order chi connectivity index (χ1) is 10.5. The average molecular weight is 317 g/mol. The van der Waals surface area contributed by atoms with Gasteiger partial charge >= 0.3 is 5.92 Å². The minimum Gasteiger partial charge on any atom is -0.381 e. The van der Waals surface area contributed by atoms with Crippen molar-refractivity contribution in [2.45, 2.75) is 56.7 Å². The Morgan fingerprint density at radius 3 is 2.77 bits per heavy atom. The largest absolute Gasteiger partial charge is 0.381 e. The van der Waals surface area contributed by atoms with Gasteiger partial charge in [0, 0.05) is 45.6 Å². The molecule has 3 heterocycles. The maximum atomic E-state index is 13.1. The Bertz CT molecular complexity index is 490. The molecule has 124 valence electrons. The topological polar surface area (TPSA) is 69.4 Å². The second-order valence-electron chi connectivity index (χ2n) is 6.00. The number of nitrogens with one attached hydrogen (secondary N) is 1. The lowest BCUT2D eigenvalue weighted by Gasteiger charge is -2.46. The Morgan fingerprint density at radius 1 is 1.32 bits per heavy atom. The second-order valence-corrected chi connectivity index (χ2v) is 6.00. The molecule has 1 spiro atoms. The fourth-order valence-corrected chi connectivity index (χ4v) is 3.14. The van der Waals surface area contributed by atoms with Gasteiger partial charge in [0.2, 0.25) is 11.7 Å². The molecule has 2 aliphatic heterocycles. The molecule has 0 radical (unpaired) electrons. The van der Waals surface area contributed by atoms with Gasteiger partial charge in [0.1, 0.15) is 0 Å². The molecule has 1 N–H and O–H groups in total. The van der Waals surface area contributed by atoms with Crippen LogP contribution in [0.5, 0.6) is 0 Å². The molecule has 0 aromatic carbocycles. The van der Waals surface area contributed by atoms with E-state index in [0.29, 0.717) is 13.2 Å². The standard InChI is InChI=1S/C14H21F2N3O3/c1-13(15,16)12-18-11(22-19-12)9-17-10-3-2-6-21-14(10)4-7-20-8-5-14/h10,17H,2-9H2,1H3. The van der Waals surface area contributed by atoms with Gasteiger partial charge in [-0.15, -0.1) is 0 Å². The van der Waals surface area contributed by atoms with Crippen molar-refractivity contribution in [3.8, 4) is 0 Å². The Labute approximate surface area is 127 Å². The van der Waals surface area contributed by atoms with Gasteiger partial charge in [-0.3, -0.25) is 0 Å². The van der Waals surface area contributed by atoms with Crippen LogP contribution in [0, 0.1) is 0 Å². The van der Waals surface area contributed by atoms with Crippen LogP contribution in [0.2, 0.25) is 0 Å². The zero-order chi connectivity index (χ0) is 15.6. The Hall–Kier alpha value is -1.12. The van der Waals surface area contributed by atoms with Gasteiger partial charge in [-0.25, -0.2) is 0 Å². The first-order valence-corrected chi connectivity index (χ1v) is 7.66. The van der Waals surface area contributed by atoms with E-state index in [1.165, 1.54) is 0 Å². The molecule has 0 bridgehead atoms. The molecule has 0 amide bonds. The molecule has 0 aliphatic carbocycles. The van der Waals surface area contributed by atoms with Gasteiger partial charge in [-0.1, -0.05) is 5.16 Å². The number of hydrogen-bond donors (Lipinski definition) is 1. The highest BCUT2D eigenvalue weighted by Crippen LogP contribution is 2.34. The van der Waals surface area contributed by atoms with Gasteiger partial charge in [0.25, 0.3) is 0 Å². The fourth-order valence-electron chi connectivity index (χ4n) is 3.14. The third-order valence-corrected chi connectivity index (χ3v) is 4.36. The number of halogens is 2. The number of rotatable bonds is 4. The van der Waals surface area contributed by atoms with Crippen molar-refractivity contribution in [1.82, 2.24) is 15.5 Å². The molecule has 2 saturated heterocycles. The minimum absolute atomic E-state index is 0.141. The lowest BCUT2D eigenvalue weighted by Crippen LogP contribution is -2.57. The Morgan fingerprint density at radius 2 is 2.09 bits per heavy atom. The summed E-state index contributed by atoms with van der Waals surface area (Å²) in [5.74, 6) is -3.49. The Kier molecular flexibility index (Phi) is 4.42. The van der Waals surface area contributed by atoms with Crippen molar-refractivity contribution in [1.29, 1.82) is 0 Å². The van der Waals surface area contributed by atoms with Gasteiger partial charge in [0.15, 0.2) is 0 Å². The summed E-state index contributed by atoms with van der Waals surface area (Å²) in [5.41, 5.74) is -0.228. The van der Waals surface area contributed by atoms with E-state index < -0.39 is 11.7 Å². The van der Waals surface area contributed by atoms with E-state index in [0.717, 1.165) is 39.2 Å². The molecule has 2 aliphatic rings. The molecule has 8 heteroatoms. The summed E-state index contributed by atoms with van der Waals surface area (Å²) in [6, 6.07) is 0.141. The van der Waals surface area contributed by atoms with Crippen molar-refractivity contribution in [3.63, 3.8) is 0 Å². The highest BCUT2D eigenvalue weighted by molar-refractivity contribution is 4.99. The third-order valence-electron chi connectivity index (χ3n) is 4.36. The number of nitrogens with zero attached hydrogens (tertiary/aromatic N) is 2. The molecule has 2 fully saturated rings. The van der Waals surface area contributed by atoms with E-state index in [4.69, 9.17) is 14.0 Å². The number of alkyl halides is 2. The highest BCUT2D eigenvalue weighted by Gasteiger charge is 2.43. The summed E-state index contributed by atoms with van der Waals surface area (Å²) >= 11 is 0. The zero-order valence-electron chi connectivity index (χ0n) is 12.6. The van der Waals surface area contributed by atoms with Crippen molar-refractivity contribution >= 4 is 0 Å². The molecule has 22 heavy (non-hydrogen) atoms. The maximum absolute atomic E-state index is 13.1. The van der Waals surface area contributed by atoms with Gasteiger partial charge < -0.3 is 19.3 Å². The molecule has 3 rings (SSSR count). The van der Waals surface area contributed by atoms with E-state index >= 15 is 0 Å². The van der Waals surface area contributed by atoms with Crippen molar-refractivity contribution < 1.29 is 22.8 Å². The second kappa shape index (κ2) is 6.17. The lowest BCUT2D eigenvalue weighted by molar-refractivity contribution is -0.151. The lowest BCUT2D eigenvalue weighted by atomic mass is 9.82. The van der Waals surface area contributed by atoms with E-state index in [1.54, 1.807) is 0 Å². The molecular weight excluding hydrogens is 296 g/mol. The van der Waals surface area contributed by atoms with E-state index in [-0.39, 0.29) is 24.1 Å². The number of aromatic nitrogens is 2. The van der Waals surface area contributed by atoms with Crippen molar-refractivity contribution in [3.05, 3.63) is 11.7 Å². The van der Waals surface area contributed by atoms with Crippen LogP contribution in [0.25, 0.3) is 0 Å². The first kappa shape index (κ1) is 15.8. The van der Waals surface area contributed by atoms with Crippen LogP contribution in [0.1, 0.15) is 44.3 Å². The summed E-state index contributed by atoms with van der Waals surface area (Å²) in [5, 5.41) is 6.67. The quantitative estimate of drug-likeness (QED) is 0.916. The highest BCUT2D eigenvalue weighted by atomic mass is 19.3. The Balaban J connectivity index is 1.63. The van der Waals surface area contributed by atoms with Gasteiger partial charge in [-0.05, 0) is 12.8 Å². The van der Waals surface area contributed by atoms with Crippen LogP contribution in [-0.2, 0) is 21.9 Å². The smallest absolute Gasteiger partial charge is 0.307 e. The first-order valence-electron chi connectivity index (χ1n) is 7.66. The molecule has 1 aromatic rings. The molecule has 1 unspecified atom stereocenters. The fraction of sp³-hybridized carbons (Fsp3) is 0.857. The molecule has 1 aromatic heterocycles. The van der Waals surface area contributed by atoms with Crippen LogP contribution < -0.4 is 5.32 Å². The molecule has 6 nitrogen and oxygen atoms in total. The zero-order valence-corrected chi connectivity index (χ0v) is 12.6. The summed E-state index contributed by atoms with van der Waals surface area (Å²) in [4.78, 5) is 3.74. The predicted molar refractivity (Wildman–Crippen MR) is 72.5 cm³/mol. The van der Waals surface area contributed by atoms with Crippen molar-refractivity contribution in [2.75, 3.05) is 19.8 Å². The van der Waals surface area contributed by atoms with Crippen LogP contribution in [0.4, 0.5) is 8.78 Å². The van der Waals surface area contributed by atoms with Crippen LogP contribution >= 0.6 is 0 Å². The predicted octanol–water partition coefficient (Wildman–Crippen LogP) is 2.00. The molecule has 0 saturated carbocycles. The normalized spacial score (nSPS) is 25.5. The summed E-state index contributed by atoms with van der Waals surface area (Å²) in [7, 11) is 0. The summed E-state index contributed by atoms with van der Waals surface area (Å²) in [6.45, 7) is 3.14. The number of hydrogen-bond acceptors (Lipinski definition) is 6.